The SMILES string of the molecule is CCCCCc1ccc(-c2ccc(-c3ccc(C(=O)CCCC)cc3)cc2)cc1F. The zero-order valence-electron chi connectivity index (χ0n) is 18.1. The van der Waals surface area contributed by atoms with Crippen molar-refractivity contribution in [3.63, 3.8) is 0 Å². The summed E-state index contributed by atoms with van der Waals surface area (Å²) in [6.45, 7) is 4.25. The van der Waals surface area contributed by atoms with Crippen molar-refractivity contribution in [1.29, 1.82) is 0 Å². The van der Waals surface area contributed by atoms with Crippen LogP contribution in [0.4, 0.5) is 4.39 Å². The minimum atomic E-state index is -0.115. The van der Waals surface area contributed by atoms with Crippen LogP contribution in [-0.2, 0) is 6.42 Å². The van der Waals surface area contributed by atoms with Gasteiger partial charge in [-0.1, -0.05) is 93.8 Å². The molecule has 0 aliphatic heterocycles. The lowest BCUT2D eigenvalue weighted by atomic mass is 9.97. The Kier molecular flexibility index (Phi) is 7.96. The van der Waals surface area contributed by atoms with Gasteiger partial charge in [0.2, 0.25) is 0 Å². The number of aryl methyl sites for hydroxylation is 1. The number of carbonyl (C=O) groups is 1. The molecule has 156 valence electrons. The average Bonchev–Trinajstić information content (AvgIpc) is 2.79. The van der Waals surface area contributed by atoms with Crippen molar-refractivity contribution >= 4 is 5.78 Å². The third-order valence-electron chi connectivity index (χ3n) is 5.62. The molecule has 0 radical (unpaired) electrons. The number of ketones is 1. The molecule has 30 heavy (non-hydrogen) atoms. The third-order valence-corrected chi connectivity index (χ3v) is 5.62. The van der Waals surface area contributed by atoms with E-state index in [9.17, 15) is 9.18 Å². The van der Waals surface area contributed by atoms with E-state index in [0.29, 0.717) is 6.42 Å². The predicted molar refractivity (Wildman–Crippen MR) is 124 cm³/mol. The van der Waals surface area contributed by atoms with Gasteiger partial charge in [0.05, 0.1) is 0 Å². The van der Waals surface area contributed by atoms with Gasteiger partial charge in [0.1, 0.15) is 5.82 Å². The van der Waals surface area contributed by atoms with Crippen LogP contribution >= 0.6 is 0 Å². The summed E-state index contributed by atoms with van der Waals surface area (Å²) >= 11 is 0. The lowest BCUT2D eigenvalue weighted by Crippen LogP contribution is -1.98. The Morgan fingerprint density at radius 1 is 0.700 bits per heavy atom. The number of hydrogen-bond acceptors (Lipinski definition) is 1. The highest BCUT2D eigenvalue weighted by Crippen LogP contribution is 2.27. The predicted octanol–water partition coefficient (Wildman–Crippen LogP) is 8.27. The van der Waals surface area contributed by atoms with Crippen molar-refractivity contribution in [2.45, 2.75) is 58.8 Å². The van der Waals surface area contributed by atoms with Crippen LogP contribution in [0.5, 0.6) is 0 Å². The molecule has 0 amide bonds. The van der Waals surface area contributed by atoms with Gasteiger partial charge in [-0.3, -0.25) is 4.79 Å². The first-order valence-electron chi connectivity index (χ1n) is 11.1. The van der Waals surface area contributed by atoms with E-state index in [1.165, 1.54) is 0 Å². The van der Waals surface area contributed by atoms with E-state index in [-0.39, 0.29) is 11.6 Å². The second-order valence-electron chi connectivity index (χ2n) is 7.94. The normalized spacial score (nSPS) is 10.9. The van der Waals surface area contributed by atoms with Crippen molar-refractivity contribution in [3.05, 3.63) is 83.7 Å². The number of rotatable bonds is 10. The number of carbonyl (C=O) groups excluding carboxylic acids is 1. The van der Waals surface area contributed by atoms with Gasteiger partial charge in [0.15, 0.2) is 5.78 Å². The molecule has 0 aromatic heterocycles. The molecule has 0 aliphatic rings. The second-order valence-corrected chi connectivity index (χ2v) is 7.94. The fourth-order valence-electron chi connectivity index (χ4n) is 3.68. The molecule has 0 N–H and O–H groups in total. The summed E-state index contributed by atoms with van der Waals surface area (Å²) in [4.78, 5) is 12.1. The summed E-state index contributed by atoms with van der Waals surface area (Å²) in [7, 11) is 0. The summed E-state index contributed by atoms with van der Waals surface area (Å²) in [5.41, 5.74) is 5.64. The number of halogens is 1. The average molecular weight is 403 g/mol. The highest BCUT2D eigenvalue weighted by molar-refractivity contribution is 5.96. The number of benzene rings is 3. The molecule has 3 aromatic carbocycles. The Labute approximate surface area is 180 Å². The molecule has 0 atom stereocenters. The molecule has 0 heterocycles. The summed E-state index contributed by atoms with van der Waals surface area (Å²) < 4.78 is 14.5. The molecule has 2 heteroatoms. The van der Waals surface area contributed by atoms with Gasteiger partial charge in [0, 0.05) is 12.0 Å². The van der Waals surface area contributed by atoms with Gasteiger partial charge in [-0.25, -0.2) is 4.39 Å². The van der Waals surface area contributed by atoms with Gasteiger partial charge in [-0.15, -0.1) is 0 Å². The Morgan fingerprint density at radius 2 is 1.23 bits per heavy atom. The van der Waals surface area contributed by atoms with Gasteiger partial charge in [-0.05, 0) is 53.1 Å². The lowest BCUT2D eigenvalue weighted by Gasteiger charge is -2.08. The number of hydrogen-bond donors (Lipinski definition) is 0. The maximum absolute atomic E-state index is 14.5. The van der Waals surface area contributed by atoms with E-state index < -0.39 is 0 Å². The Hall–Kier alpha value is -2.74. The van der Waals surface area contributed by atoms with Crippen molar-refractivity contribution in [3.8, 4) is 22.3 Å². The van der Waals surface area contributed by atoms with Crippen LogP contribution in [0, 0.1) is 5.82 Å². The van der Waals surface area contributed by atoms with Gasteiger partial charge >= 0.3 is 0 Å². The van der Waals surface area contributed by atoms with Crippen LogP contribution < -0.4 is 0 Å². The van der Waals surface area contributed by atoms with Gasteiger partial charge in [0.25, 0.3) is 0 Å². The monoisotopic (exact) mass is 402 g/mol. The first kappa shape index (κ1) is 22.0. The Bertz CT molecular complexity index is 955. The van der Waals surface area contributed by atoms with E-state index in [0.717, 1.165) is 71.9 Å². The first-order valence-corrected chi connectivity index (χ1v) is 11.1. The van der Waals surface area contributed by atoms with E-state index >= 15 is 0 Å². The largest absolute Gasteiger partial charge is 0.294 e. The smallest absolute Gasteiger partial charge is 0.162 e. The van der Waals surface area contributed by atoms with Crippen molar-refractivity contribution < 1.29 is 9.18 Å². The van der Waals surface area contributed by atoms with Crippen LogP contribution in [0.3, 0.4) is 0 Å². The maximum atomic E-state index is 14.5. The zero-order valence-corrected chi connectivity index (χ0v) is 18.1. The fourth-order valence-corrected chi connectivity index (χ4v) is 3.68. The molecule has 0 saturated carbocycles. The maximum Gasteiger partial charge on any atom is 0.162 e. The number of Topliss-reactive ketones (excluding diaryl/α,β-unsaturated/α-hetero) is 1. The molecular weight excluding hydrogens is 371 g/mol. The highest BCUT2D eigenvalue weighted by Gasteiger charge is 2.08. The topological polar surface area (TPSA) is 17.1 Å². The fraction of sp³-hybridized carbons (Fsp3) is 0.321. The second kappa shape index (κ2) is 10.9. The quantitative estimate of drug-likeness (QED) is 0.246. The Balaban J connectivity index is 1.70. The highest BCUT2D eigenvalue weighted by atomic mass is 19.1. The number of unbranched alkanes of at least 4 members (excludes halogenated alkanes) is 3. The molecule has 3 rings (SSSR count). The molecule has 0 bridgehead atoms. The van der Waals surface area contributed by atoms with Crippen molar-refractivity contribution in [2.24, 2.45) is 0 Å². The standard InChI is InChI=1S/C28H31FO/c1-3-5-7-8-24-16-19-26(20-27(24)29)23-12-10-21(11-13-23)22-14-17-25(18-15-22)28(30)9-6-4-2/h10-20H,3-9H2,1-2H3. The van der Waals surface area contributed by atoms with Gasteiger partial charge in [-0.2, -0.15) is 0 Å². The third kappa shape index (κ3) is 5.66. The molecule has 0 saturated heterocycles. The van der Waals surface area contributed by atoms with Crippen LogP contribution in [0.25, 0.3) is 22.3 Å². The molecule has 0 unspecified atom stereocenters. The molecule has 0 fully saturated rings. The van der Waals surface area contributed by atoms with Crippen molar-refractivity contribution in [2.75, 3.05) is 0 Å². The lowest BCUT2D eigenvalue weighted by molar-refractivity contribution is 0.0980. The van der Waals surface area contributed by atoms with E-state index in [1.807, 2.05) is 48.5 Å². The summed E-state index contributed by atoms with van der Waals surface area (Å²) in [5, 5.41) is 0. The van der Waals surface area contributed by atoms with Gasteiger partial charge < -0.3 is 0 Å². The molecule has 3 aromatic rings. The summed E-state index contributed by atoms with van der Waals surface area (Å²) in [6.07, 6.45) is 6.68. The van der Waals surface area contributed by atoms with E-state index in [2.05, 4.69) is 26.0 Å². The van der Waals surface area contributed by atoms with Crippen molar-refractivity contribution in [1.82, 2.24) is 0 Å². The summed E-state index contributed by atoms with van der Waals surface area (Å²) in [6, 6.07) is 21.6. The Morgan fingerprint density at radius 3 is 1.80 bits per heavy atom. The van der Waals surface area contributed by atoms with E-state index in [4.69, 9.17) is 0 Å². The van der Waals surface area contributed by atoms with Crippen LogP contribution in [0.15, 0.2) is 66.7 Å². The minimum absolute atomic E-state index is 0.115. The molecular formula is C28H31FO. The first-order chi connectivity index (χ1) is 14.6. The molecule has 0 aliphatic carbocycles. The molecule has 1 nitrogen and oxygen atoms in total. The summed E-state index contributed by atoms with van der Waals surface area (Å²) in [5.74, 6) is 0.0925. The molecule has 0 spiro atoms. The zero-order chi connectivity index (χ0) is 21.3. The van der Waals surface area contributed by atoms with Crippen LogP contribution in [0.1, 0.15) is 68.3 Å². The minimum Gasteiger partial charge on any atom is -0.294 e. The van der Waals surface area contributed by atoms with Crippen LogP contribution in [0.2, 0.25) is 0 Å². The van der Waals surface area contributed by atoms with Crippen LogP contribution in [-0.4, -0.2) is 5.78 Å². The van der Waals surface area contributed by atoms with E-state index in [1.54, 1.807) is 6.07 Å².